The maximum Gasteiger partial charge on any atom is 0.410 e. The fourth-order valence-electron chi connectivity index (χ4n) is 2.84. The van der Waals surface area contributed by atoms with E-state index in [1.165, 1.54) is 0 Å². The number of amides is 1. The lowest BCUT2D eigenvalue weighted by Crippen LogP contribution is -2.37. The maximum absolute atomic E-state index is 12.2. The summed E-state index contributed by atoms with van der Waals surface area (Å²) < 4.78 is 16.7. The number of carbonyl (C=O) groups is 1. The van der Waals surface area contributed by atoms with Crippen molar-refractivity contribution in [2.45, 2.75) is 38.9 Å². The molecule has 2 fully saturated rings. The van der Waals surface area contributed by atoms with Crippen LogP contribution in [0.1, 0.15) is 27.2 Å². The first-order valence-electron chi connectivity index (χ1n) is 8.82. The summed E-state index contributed by atoms with van der Waals surface area (Å²) in [6, 6.07) is 1.60. The molecule has 0 aromatic carbocycles. The molecule has 1 aromatic rings. The van der Waals surface area contributed by atoms with Crippen LogP contribution in [0.25, 0.3) is 0 Å². The highest BCUT2D eigenvalue weighted by Crippen LogP contribution is 2.23. The molecule has 1 amide bonds. The van der Waals surface area contributed by atoms with Gasteiger partial charge >= 0.3 is 6.09 Å². The quantitative estimate of drug-likeness (QED) is 0.740. The Labute approximate surface area is 158 Å². The molecule has 8 nitrogen and oxygen atoms in total. The van der Waals surface area contributed by atoms with E-state index >= 15 is 0 Å². The Hall–Kier alpha value is -1.80. The summed E-state index contributed by atoms with van der Waals surface area (Å²) >= 11 is 6.13. The van der Waals surface area contributed by atoms with Crippen LogP contribution in [0.3, 0.4) is 0 Å². The molecule has 144 valence electrons. The predicted molar refractivity (Wildman–Crippen MR) is 96.9 cm³/mol. The number of aromatic nitrogens is 2. The molecule has 3 heterocycles. The van der Waals surface area contributed by atoms with Crippen molar-refractivity contribution in [3.63, 3.8) is 0 Å². The SMILES string of the molecule is CC(C)(C)OC(=O)N1CCC(Oc2cc(Cl)nc(N3CCOCC3)n2)C1. The van der Waals surface area contributed by atoms with E-state index in [2.05, 4.69) is 9.97 Å². The summed E-state index contributed by atoms with van der Waals surface area (Å²) in [4.78, 5) is 24.6. The van der Waals surface area contributed by atoms with Crippen LogP contribution in [0.4, 0.5) is 10.7 Å². The first-order chi connectivity index (χ1) is 12.3. The number of hydrogen-bond donors (Lipinski definition) is 0. The zero-order valence-electron chi connectivity index (χ0n) is 15.4. The Kier molecular flexibility index (Phi) is 5.72. The zero-order valence-corrected chi connectivity index (χ0v) is 16.2. The normalized spacial score (nSPS) is 21.0. The van der Waals surface area contributed by atoms with Crippen molar-refractivity contribution in [1.29, 1.82) is 0 Å². The molecule has 0 aliphatic carbocycles. The minimum absolute atomic E-state index is 0.147. The standard InChI is InChI=1S/C17H25ClN4O4/c1-17(2,3)26-16(23)22-5-4-12(11-22)25-14-10-13(18)19-15(20-14)21-6-8-24-9-7-21/h10,12H,4-9,11H2,1-3H3. The summed E-state index contributed by atoms with van der Waals surface area (Å²) in [5.41, 5.74) is -0.511. The molecule has 0 saturated carbocycles. The second kappa shape index (κ2) is 7.84. The first-order valence-corrected chi connectivity index (χ1v) is 9.20. The molecule has 0 spiro atoms. The largest absolute Gasteiger partial charge is 0.472 e. The highest BCUT2D eigenvalue weighted by atomic mass is 35.5. The lowest BCUT2D eigenvalue weighted by Gasteiger charge is -2.27. The lowest BCUT2D eigenvalue weighted by atomic mass is 10.2. The Morgan fingerprint density at radius 2 is 2.00 bits per heavy atom. The number of nitrogens with zero attached hydrogens (tertiary/aromatic N) is 4. The van der Waals surface area contributed by atoms with Crippen LogP contribution in [-0.2, 0) is 9.47 Å². The monoisotopic (exact) mass is 384 g/mol. The highest BCUT2D eigenvalue weighted by molar-refractivity contribution is 6.29. The Bertz CT molecular complexity index is 646. The minimum Gasteiger partial charge on any atom is -0.472 e. The van der Waals surface area contributed by atoms with Gasteiger partial charge < -0.3 is 24.0 Å². The van der Waals surface area contributed by atoms with Crippen LogP contribution in [-0.4, -0.2) is 72.1 Å². The second-order valence-electron chi connectivity index (χ2n) is 7.38. The van der Waals surface area contributed by atoms with Gasteiger partial charge in [-0.1, -0.05) is 11.6 Å². The van der Waals surface area contributed by atoms with E-state index in [-0.39, 0.29) is 12.2 Å². The molecule has 1 unspecified atom stereocenters. The van der Waals surface area contributed by atoms with Gasteiger partial charge in [-0.3, -0.25) is 0 Å². The highest BCUT2D eigenvalue weighted by Gasteiger charge is 2.31. The number of morpholine rings is 1. The predicted octanol–water partition coefficient (Wildman–Crippen LogP) is 2.35. The fraction of sp³-hybridized carbons (Fsp3) is 0.706. The fourth-order valence-corrected chi connectivity index (χ4v) is 3.01. The molecule has 2 aliphatic heterocycles. The van der Waals surface area contributed by atoms with Crippen LogP contribution in [0.2, 0.25) is 5.15 Å². The van der Waals surface area contributed by atoms with Crippen molar-refractivity contribution in [2.75, 3.05) is 44.3 Å². The number of rotatable bonds is 3. The van der Waals surface area contributed by atoms with E-state index in [0.29, 0.717) is 49.7 Å². The van der Waals surface area contributed by atoms with Crippen LogP contribution in [0, 0.1) is 0 Å². The summed E-state index contributed by atoms with van der Waals surface area (Å²) in [6.45, 7) is 9.32. The van der Waals surface area contributed by atoms with E-state index in [1.807, 2.05) is 25.7 Å². The molecule has 0 N–H and O–H groups in total. The van der Waals surface area contributed by atoms with Crippen LogP contribution in [0.15, 0.2) is 6.07 Å². The molecular weight excluding hydrogens is 360 g/mol. The number of likely N-dealkylation sites (tertiary alicyclic amines) is 1. The van der Waals surface area contributed by atoms with Crippen molar-refractivity contribution in [3.05, 3.63) is 11.2 Å². The van der Waals surface area contributed by atoms with Crippen molar-refractivity contribution >= 4 is 23.6 Å². The van der Waals surface area contributed by atoms with E-state index in [1.54, 1.807) is 11.0 Å². The summed E-state index contributed by atoms with van der Waals surface area (Å²) in [5.74, 6) is 0.959. The summed E-state index contributed by atoms with van der Waals surface area (Å²) in [7, 11) is 0. The molecule has 1 aromatic heterocycles. The van der Waals surface area contributed by atoms with Gasteiger partial charge in [-0.05, 0) is 20.8 Å². The van der Waals surface area contributed by atoms with Crippen LogP contribution >= 0.6 is 11.6 Å². The molecular formula is C17H25ClN4O4. The smallest absolute Gasteiger partial charge is 0.410 e. The third kappa shape index (κ3) is 5.11. The van der Waals surface area contributed by atoms with Gasteiger partial charge in [0.1, 0.15) is 16.9 Å². The molecule has 0 bridgehead atoms. The van der Waals surface area contributed by atoms with Gasteiger partial charge in [-0.25, -0.2) is 9.78 Å². The van der Waals surface area contributed by atoms with Gasteiger partial charge in [0.25, 0.3) is 0 Å². The molecule has 2 aliphatic rings. The molecule has 0 radical (unpaired) electrons. The number of anilines is 1. The summed E-state index contributed by atoms with van der Waals surface area (Å²) in [5, 5.41) is 0.332. The van der Waals surface area contributed by atoms with Crippen molar-refractivity contribution < 1.29 is 19.0 Å². The van der Waals surface area contributed by atoms with Gasteiger partial charge in [-0.15, -0.1) is 0 Å². The van der Waals surface area contributed by atoms with Gasteiger partial charge in [0.05, 0.1) is 19.8 Å². The maximum atomic E-state index is 12.2. The van der Waals surface area contributed by atoms with E-state index in [9.17, 15) is 4.79 Å². The first kappa shape index (κ1) is 19.0. The molecule has 2 saturated heterocycles. The van der Waals surface area contributed by atoms with Crippen molar-refractivity contribution in [2.24, 2.45) is 0 Å². The molecule has 26 heavy (non-hydrogen) atoms. The second-order valence-corrected chi connectivity index (χ2v) is 7.77. The van der Waals surface area contributed by atoms with E-state index in [0.717, 1.165) is 13.1 Å². The van der Waals surface area contributed by atoms with Gasteiger partial charge in [0, 0.05) is 32.1 Å². The Balaban J connectivity index is 1.61. The average Bonchev–Trinajstić information content (AvgIpc) is 3.02. The molecule has 3 rings (SSSR count). The third-order valence-electron chi connectivity index (χ3n) is 4.04. The summed E-state index contributed by atoms with van der Waals surface area (Å²) in [6.07, 6.45) is 0.248. The van der Waals surface area contributed by atoms with Gasteiger partial charge in [0.2, 0.25) is 11.8 Å². The number of halogens is 1. The van der Waals surface area contributed by atoms with Crippen molar-refractivity contribution in [1.82, 2.24) is 14.9 Å². The van der Waals surface area contributed by atoms with Gasteiger partial charge in [0.15, 0.2) is 0 Å². The average molecular weight is 385 g/mol. The van der Waals surface area contributed by atoms with E-state index < -0.39 is 5.60 Å². The minimum atomic E-state index is -0.511. The Morgan fingerprint density at radius 1 is 1.27 bits per heavy atom. The zero-order chi connectivity index (χ0) is 18.7. The number of ether oxygens (including phenoxy) is 3. The molecule has 9 heteroatoms. The number of hydrogen-bond acceptors (Lipinski definition) is 7. The number of carbonyl (C=O) groups excluding carboxylic acids is 1. The van der Waals surface area contributed by atoms with Crippen molar-refractivity contribution in [3.8, 4) is 5.88 Å². The van der Waals surface area contributed by atoms with Crippen LogP contribution < -0.4 is 9.64 Å². The Morgan fingerprint density at radius 3 is 2.69 bits per heavy atom. The van der Waals surface area contributed by atoms with E-state index in [4.69, 9.17) is 25.8 Å². The lowest BCUT2D eigenvalue weighted by molar-refractivity contribution is 0.0275. The van der Waals surface area contributed by atoms with Crippen LogP contribution in [0.5, 0.6) is 5.88 Å². The van der Waals surface area contributed by atoms with Gasteiger partial charge in [-0.2, -0.15) is 4.98 Å². The third-order valence-corrected chi connectivity index (χ3v) is 4.23. The molecule has 1 atom stereocenters. The topological polar surface area (TPSA) is 77.0 Å².